The first-order valence-electron chi connectivity index (χ1n) is 7.46. The van der Waals surface area contributed by atoms with Gasteiger partial charge in [0.05, 0.1) is 25.6 Å². The molecule has 0 bridgehead atoms. The number of rotatable bonds is 4. The Bertz CT molecular complexity index is 691. The topological polar surface area (TPSA) is 105 Å². The third kappa shape index (κ3) is 3.29. The van der Waals surface area contributed by atoms with Crippen molar-refractivity contribution in [2.75, 3.05) is 6.54 Å². The monoisotopic (exact) mass is 318 g/mol. The minimum Gasteiger partial charge on any atom is -0.469 e. The average Bonchev–Trinajstić information content (AvgIpc) is 3.22. The van der Waals surface area contributed by atoms with Crippen molar-refractivity contribution in [3.05, 3.63) is 47.8 Å². The Morgan fingerprint density at radius 3 is 2.78 bits per heavy atom. The molecule has 2 amide bonds. The molecule has 3 N–H and O–H groups in total. The Morgan fingerprint density at radius 1 is 1.17 bits per heavy atom. The van der Waals surface area contributed by atoms with Crippen LogP contribution in [0.3, 0.4) is 0 Å². The second kappa shape index (κ2) is 6.29. The van der Waals surface area contributed by atoms with Crippen molar-refractivity contribution in [3.8, 4) is 0 Å². The third-order valence-electron chi connectivity index (χ3n) is 3.99. The summed E-state index contributed by atoms with van der Waals surface area (Å²) in [5.41, 5.74) is -0.516. The molecule has 0 fully saturated rings. The van der Waals surface area contributed by atoms with Crippen LogP contribution in [0.2, 0.25) is 0 Å². The number of aryl methyl sites for hydroxylation is 1. The lowest BCUT2D eigenvalue weighted by Gasteiger charge is -2.31. The van der Waals surface area contributed by atoms with Crippen molar-refractivity contribution >= 4 is 11.8 Å². The predicted molar refractivity (Wildman–Crippen MR) is 79.1 cm³/mol. The minimum absolute atomic E-state index is 0.0352. The number of hydrogen-bond acceptors (Lipinski definition) is 5. The zero-order valence-corrected chi connectivity index (χ0v) is 12.5. The van der Waals surface area contributed by atoms with E-state index in [0.717, 1.165) is 18.6 Å². The summed E-state index contributed by atoms with van der Waals surface area (Å²) in [5, 5.41) is 15.6. The highest BCUT2D eigenvalue weighted by Crippen LogP contribution is 2.35. The summed E-state index contributed by atoms with van der Waals surface area (Å²) in [5.74, 6) is -0.274. The van der Waals surface area contributed by atoms with Gasteiger partial charge in [-0.2, -0.15) is 0 Å². The van der Waals surface area contributed by atoms with E-state index in [1.54, 1.807) is 18.2 Å². The summed E-state index contributed by atoms with van der Waals surface area (Å²) < 4.78 is 10.4. The van der Waals surface area contributed by atoms with E-state index in [1.165, 1.54) is 12.5 Å². The van der Waals surface area contributed by atoms with Gasteiger partial charge in [0.2, 0.25) is 0 Å². The Hall–Kier alpha value is -2.54. The van der Waals surface area contributed by atoms with E-state index in [-0.39, 0.29) is 13.1 Å². The molecule has 1 aliphatic carbocycles. The number of hydrogen-bond donors (Lipinski definition) is 3. The van der Waals surface area contributed by atoms with Crippen LogP contribution in [0.5, 0.6) is 0 Å². The highest BCUT2D eigenvalue weighted by molar-refractivity contribution is 6.35. The van der Waals surface area contributed by atoms with Gasteiger partial charge >= 0.3 is 11.8 Å². The van der Waals surface area contributed by atoms with Crippen molar-refractivity contribution in [2.45, 2.75) is 31.4 Å². The predicted octanol–water partition coefficient (Wildman–Crippen LogP) is 0.829. The van der Waals surface area contributed by atoms with Gasteiger partial charge in [0.15, 0.2) is 0 Å². The van der Waals surface area contributed by atoms with Crippen LogP contribution >= 0.6 is 0 Å². The second-order valence-corrected chi connectivity index (χ2v) is 5.59. The number of amides is 2. The van der Waals surface area contributed by atoms with Crippen LogP contribution < -0.4 is 10.6 Å². The molecule has 23 heavy (non-hydrogen) atoms. The van der Waals surface area contributed by atoms with Gasteiger partial charge in [-0.1, -0.05) is 0 Å². The van der Waals surface area contributed by atoms with E-state index < -0.39 is 17.4 Å². The van der Waals surface area contributed by atoms with Gasteiger partial charge in [-0.15, -0.1) is 0 Å². The smallest absolute Gasteiger partial charge is 0.309 e. The zero-order chi connectivity index (χ0) is 16.3. The molecule has 122 valence electrons. The minimum atomic E-state index is -1.20. The van der Waals surface area contributed by atoms with Crippen LogP contribution in [0.1, 0.15) is 29.9 Å². The largest absolute Gasteiger partial charge is 0.469 e. The number of carbonyl (C=O) groups is 2. The van der Waals surface area contributed by atoms with Crippen LogP contribution in [0, 0.1) is 0 Å². The molecule has 0 spiro atoms. The lowest BCUT2D eigenvalue weighted by molar-refractivity contribution is -0.140. The third-order valence-corrected chi connectivity index (χ3v) is 3.99. The highest BCUT2D eigenvalue weighted by atomic mass is 16.3. The Labute approximate surface area is 132 Å². The number of aliphatic hydroxyl groups is 1. The first-order valence-corrected chi connectivity index (χ1v) is 7.46. The van der Waals surface area contributed by atoms with Crippen molar-refractivity contribution in [1.29, 1.82) is 0 Å². The molecule has 0 aliphatic heterocycles. The molecule has 1 unspecified atom stereocenters. The van der Waals surface area contributed by atoms with Gasteiger partial charge < -0.3 is 24.6 Å². The van der Waals surface area contributed by atoms with Crippen LogP contribution in [0.15, 0.2) is 39.6 Å². The van der Waals surface area contributed by atoms with Crippen molar-refractivity contribution in [2.24, 2.45) is 0 Å². The molecule has 0 aromatic carbocycles. The first-order chi connectivity index (χ1) is 11.1. The fraction of sp³-hybridized carbons (Fsp3) is 0.375. The van der Waals surface area contributed by atoms with Crippen LogP contribution in [-0.4, -0.2) is 23.5 Å². The van der Waals surface area contributed by atoms with Gasteiger partial charge in [0, 0.05) is 12.0 Å². The quantitative estimate of drug-likeness (QED) is 0.724. The molecule has 0 saturated heterocycles. The van der Waals surface area contributed by atoms with Crippen LogP contribution in [-0.2, 0) is 28.2 Å². The van der Waals surface area contributed by atoms with E-state index in [0.29, 0.717) is 17.7 Å². The SMILES string of the molecule is O=C(NCc1ccco1)C(=O)NCC1(O)CCCc2occc21. The summed E-state index contributed by atoms with van der Waals surface area (Å²) in [7, 11) is 0. The molecule has 7 nitrogen and oxygen atoms in total. The van der Waals surface area contributed by atoms with Gasteiger partial charge in [-0.05, 0) is 31.0 Å². The fourth-order valence-electron chi connectivity index (χ4n) is 2.78. The van der Waals surface area contributed by atoms with Crippen LogP contribution in [0.4, 0.5) is 0 Å². The van der Waals surface area contributed by atoms with E-state index in [1.807, 2.05) is 0 Å². The number of nitrogens with one attached hydrogen (secondary N) is 2. The first kappa shape index (κ1) is 15.4. The summed E-state index contributed by atoms with van der Waals surface area (Å²) in [4.78, 5) is 23.6. The molecule has 3 rings (SSSR count). The van der Waals surface area contributed by atoms with E-state index in [9.17, 15) is 14.7 Å². The summed E-state index contributed by atoms with van der Waals surface area (Å²) >= 11 is 0. The molecule has 7 heteroatoms. The Balaban J connectivity index is 1.54. The maximum absolute atomic E-state index is 11.8. The lowest BCUT2D eigenvalue weighted by Crippen LogP contribution is -2.47. The van der Waals surface area contributed by atoms with Crippen molar-refractivity contribution in [1.82, 2.24) is 10.6 Å². The van der Waals surface area contributed by atoms with E-state index in [2.05, 4.69) is 10.6 Å². The summed E-state index contributed by atoms with van der Waals surface area (Å²) in [6.45, 7) is 0.0991. The Kier molecular flexibility index (Phi) is 4.20. The summed E-state index contributed by atoms with van der Waals surface area (Å²) in [6, 6.07) is 5.10. The maximum atomic E-state index is 11.8. The molecular formula is C16H18N2O5. The van der Waals surface area contributed by atoms with Gasteiger partial charge in [-0.3, -0.25) is 9.59 Å². The Morgan fingerprint density at radius 2 is 2.00 bits per heavy atom. The molecule has 2 aromatic rings. The van der Waals surface area contributed by atoms with Gasteiger partial charge in [-0.25, -0.2) is 0 Å². The van der Waals surface area contributed by atoms with E-state index in [4.69, 9.17) is 8.83 Å². The highest BCUT2D eigenvalue weighted by Gasteiger charge is 2.36. The standard InChI is InChI=1S/C16H18N2O5/c19-14(17-9-11-3-2-7-22-11)15(20)18-10-16(21)6-1-4-13-12(16)5-8-23-13/h2-3,5,7-8,21H,1,4,6,9-10H2,(H,17,19)(H,18,20). The van der Waals surface area contributed by atoms with Crippen molar-refractivity contribution < 1.29 is 23.5 Å². The number of fused-ring (bicyclic) bond motifs is 1. The molecular weight excluding hydrogens is 300 g/mol. The van der Waals surface area contributed by atoms with Gasteiger partial charge in [0.1, 0.15) is 17.1 Å². The molecule has 0 radical (unpaired) electrons. The van der Waals surface area contributed by atoms with E-state index >= 15 is 0 Å². The number of carbonyl (C=O) groups excluding carboxylic acids is 2. The second-order valence-electron chi connectivity index (χ2n) is 5.59. The summed E-state index contributed by atoms with van der Waals surface area (Å²) in [6.07, 6.45) is 5.05. The average molecular weight is 318 g/mol. The molecule has 1 atom stereocenters. The normalized spacial score (nSPS) is 19.9. The van der Waals surface area contributed by atoms with Crippen LogP contribution in [0.25, 0.3) is 0 Å². The van der Waals surface area contributed by atoms with Gasteiger partial charge in [0.25, 0.3) is 0 Å². The molecule has 1 aliphatic rings. The fourth-order valence-corrected chi connectivity index (χ4v) is 2.78. The maximum Gasteiger partial charge on any atom is 0.309 e. The lowest BCUT2D eigenvalue weighted by atomic mass is 9.83. The zero-order valence-electron chi connectivity index (χ0n) is 12.5. The molecule has 0 saturated carbocycles. The molecule has 2 heterocycles. The number of furan rings is 2. The molecule has 2 aromatic heterocycles. The van der Waals surface area contributed by atoms with Crippen molar-refractivity contribution in [3.63, 3.8) is 0 Å².